The number of nitrogens with zero attached hydrogens (tertiary/aromatic N) is 2. The predicted octanol–water partition coefficient (Wildman–Crippen LogP) is 1.33. The van der Waals surface area contributed by atoms with E-state index in [2.05, 4.69) is 4.98 Å². The average Bonchev–Trinajstić information content (AvgIpc) is 2.77. The maximum Gasteiger partial charge on any atom is 0.213 e. The molecule has 3 rings (SSSR count). The molecular weight excluding hydrogens is 403 g/mol. The van der Waals surface area contributed by atoms with Gasteiger partial charge in [0, 0.05) is 25.4 Å². The number of hydrogen-bond donors (Lipinski definition) is 4. The van der Waals surface area contributed by atoms with Crippen LogP contribution in [0.15, 0.2) is 42.6 Å². The first-order chi connectivity index (χ1) is 15.0. The van der Waals surface area contributed by atoms with E-state index in [-0.39, 0.29) is 13.2 Å². The standard InChI is InChI=1S/C23H31FN2O5/c24-21-12-18(8-9-25-21)17-6-4-16(5-7-17)15-31-11-3-1-2-10-26-13-20(28)23(30)22(29)19(26)14-27/h4-9,12,19-20,22-23,27-30H,1-3,10-11,13-15H2/t19-,20+,22-,23-/m1/s1. The summed E-state index contributed by atoms with van der Waals surface area (Å²) >= 11 is 0. The molecular formula is C23H31FN2O5. The molecule has 0 bridgehead atoms. The molecule has 0 spiro atoms. The van der Waals surface area contributed by atoms with Crippen molar-refractivity contribution in [3.05, 3.63) is 54.1 Å². The Kier molecular flexibility index (Phi) is 8.89. The van der Waals surface area contributed by atoms with Crippen LogP contribution < -0.4 is 0 Å². The molecule has 1 aromatic heterocycles. The highest BCUT2D eigenvalue weighted by Gasteiger charge is 2.40. The van der Waals surface area contributed by atoms with Crippen LogP contribution in [0.25, 0.3) is 11.1 Å². The molecule has 170 valence electrons. The van der Waals surface area contributed by atoms with Crippen LogP contribution in [0, 0.1) is 5.95 Å². The number of likely N-dealkylation sites (tertiary alicyclic amines) is 1. The predicted molar refractivity (Wildman–Crippen MR) is 114 cm³/mol. The van der Waals surface area contributed by atoms with E-state index >= 15 is 0 Å². The summed E-state index contributed by atoms with van der Waals surface area (Å²) in [5, 5.41) is 39.1. The third-order valence-electron chi connectivity index (χ3n) is 5.73. The van der Waals surface area contributed by atoms with E-state index in [1.54, 1.807) is 6.07 Å². The molecule has 0 radical (unpaired) electrons. The van der Waals surface area contributed by atoms with Crippen molar-refractivity contribution in [2.45, 2.75) is 50.2 Å². The lowest BCUT2D eigenvalue weighted by Gasteiger charge is -2.43. The van der Waals surface area contributed by atoms with E-state index in [4.69, 9.17) is 4.74 Å². The van der Waals surface area contributed by atoms with Gasteiger partial charge < -0.3 is 25.2 Å². The number of halogens is 1. The summed E-state index contributed by atoms with van der Waals surface area (Å²) in [7, 11) is 0. The Morgan fingerprint density at radius 3 is 2.48 bits per heavy atom. The first-order valence-corrected chi connectivity index (χ1v) is 10.7. The highest BCUT2D eigenvalue weighted by atomic mass is 19.1. The quantitative estimate of drug-likeness (QED) is 0.330. The molecule has 1 aromatic carbocycles. The number of aromatic nitrogens is 1. The van der Waals surface area contributed by atoms with Crippen molar-refractivity contribution in [1.82, 2.24) is 9.88 Å². The second-order valence-electron chi connectivity index (χ2n) is 7.97. The molecule has 1 aliphatic heterocycles. The lowest BCUT2D eigenvalue weighted by molar-refractivity contribution is -0.145. The van der Waals surface area contributed by atoms with Crippen LogP contribution in [0.1, 0.15) is 24.8 Å². The Morgan fingerprint density at radius 2 is 1.77 bits per heavy atom. The zero-order valence-electron chi connectivity index (χ0n) is 17.5. The van der Waals surface area contributed by atoms with E-state index in [1.807, 2.05) is 29.2 Å². The maximum absolute atomic E-state index is 13.2. The van der Waals surface area contributed by atoms with Crippen molar-refractivity contribution < 1.29 is 29.6 Å². The van der Waals surface area contributed by atoms with Gasteiger partial charge in [-0.15, -0.1) is 0 Å². The molecule has 1 saturated heterocycles. The van der Waals surface area contributed by atoms with Gasteiger partial charge in [-0.3, -0.25) is 4.90 Å². The lowest BCUT2D eigenvalue weighted by atomic mass is 9.94. The Hall–Kier alpha value is -1.94. The summed E-state index contributed by atoms with van der Waals surface area (Å²) in [5.41, 5.74) is 2.75. The number of pyridine rings is 1. The fourth-order valence-corrected chi connectivity index (χ4v) is 3.90. The highest BCUT2D eigenvalue weighted by Crippen LogP contribution is 2.21. The van der Waals surface area contributed by atoms with Gasteiger partial charge in [-0.25, -0.2) is 4.98 Å². The monoisotopic (exact) mass is 434 g/mol. The third-order valence-corrected chi connectivity index (χ3v) is 5.73. The largest absolute Gasteiger partial charge is 0.395 e. The number of β-amino-alcohol motifs (C(OH)–C–C–N with tert-alkyl or cyclic N) is 1. The minimum atomic E-state index is -1.22. The second kappa shape index (κ2) is 11.6. The molecule has 0 saturated carbocycles. The fraction of sp³-hybridized carbons (Fsp3) is 0.522. The third kappa shape index (κ3) is 6.52. The van der Waals surface area contributed by atoms with Gasteiger partial charge in [0.05, 0.1) is 25.4 Å². The van der Waals surface area contributed by atoms with Gasteiger partial charge in [0.25, 0.3) is 0 Å². The molecule has 8 heteroatoms. The summed E-state index contributed by atoms with van der Waals surface area (Å²) in [6, 6.07) is 10.4. The fourth-order valence-electron chi connectivity index (χ4n) is 3.90. The molecule has 4 N–H and O–H groups in total. The number of aliphatic hydroxyl groups excluding tert-OH is 4. The smallest absolute Gasteiger partial charge is 0.213 e. The van der Waals surface area contributed by atoms with E-state index in [0.29, 0.717) is 19.8 Å². The van der Waals surface area contributed by atoms with Crippen molar-refractivity contribution in [2.24, 2.45) is 0 Å². The minimum absolute atomic E-state index is 0.238. The Labute approximate surface area is 181 Å². The zero-order valence-corrected chi connectivity index (χ0v) is 17.5. The molecule has 0 aliphatic carbocycles. The van der Waals surface area contributed by atoms with Crippen LogP contribution in [0.5, 0.6) is 0 Å². The zero-order chi connectivity index (χ0) is 22.2. The number of benzene rings is 1. The normalized spacial score (nSPS) is 24.4. The van der Waals surface area contributed by atoms with Crippen LogP contribution in [-0.4, -0.2) is 81.0 Å². The van der Waals surface area contributed by atoms with Gasteiger partial charge in [-0.2, -0.15) is 4.39 Å². The molecule has 1 fully saturated rings. The number of hydrogen-bond acceptors (Lipinski definition) is 7. The highest BCUT2D eigenvalue weighted by molar-refractivity contribution is 5.62. The number of ether oxygens (including phenoxy) is 1. The van der Waals surface area contributed by atoms with Crippen molar-refractivity contribution in [3.63, 3.8) is 0 Å². The van der Waals surface area contributed by atoms with Gasteiger partial charge in [0.2, 0.25) is 5.95 Å². The molecule has 7 nitrogen and oxygen atoms in total. The summed E-state index contributed by atoms with van der Waals surface area (Å²) in [6.45, 7) is 1.72. The summed E-state index contributed by atoms with van der Waals surface area (Å²) < 4.78 is 19.0. The van der Waals surface area contributed by atoms with E-state index < -0.39 is 30.3 Å². The number of unbranched alkanes of at least 4 members (excludes halogenated alkanes) is 2. The van der Waals surface area contributed by atoms with E-state index in [0.717, 1.165) is 36.0 Å². The van der Waals surface area contributed by atoms with Crippen LogP contribution in [0.4, 0.5) is 4.39 Å². The Bertz CT molecular complexity index is 807. The molecule has 1 aliphatic rings. The second-order valence-corrected chi connectivity index (χ2v) is 7.97. The molecule has 2 aromatic rings. The van der Waals surface area contributed by atoms with Crippen molar-refractivity contribution in [3.8, 4) is 11.1 Å². The van der Waals surface area contributed by atoms with Gasteiger partial charge in [-0.05, 0) is 48.6 Å². The van der Waals surface area contributed by atoms with E-state index in [9.17, 15) is 24.8 Å². The lowest BCUT2D eigenvalue weighted by Crippen LogP contribution is -2.62. The molecule has 0 amide bonds. The Morgan fingerprint density at radius 1 is 1.00 bits per heavy atom. The maximum atomic E-state index is 13.2. The van der Waals surface area contributed by atoms with Crippen LogP contribution >= 0.6 is 0 Å². The number of aliphatic hydroxyl groups is 4. The van der Waals surface area contributed by atoms with Crippen molar-refractivity contribution in [2.75, 3.05) is 26.3 Å². The van der Waals surface area contributed by atoms with Gasteiger partial charge in [-0.1, -0.05) is 24.3 Å². The molecule has 4 atom stereocenters. The summed E-state index contributed by atoms with van der Waals surface area (Å²) in [4.78, 5) is 5.40. The number of rotatable bonds is 10. The first-order valence-electron chi connectivity index (χ1n) is 10.7. The minimum Gasteiger partial charge on any atom is -0.395 e. The summed E-state index contributed by atoms with van der Waals surface area (Å²) in [6.07, 6.45) is 0.695. The molecule has 2 heterocycles. The average molecular weight is 435 g/mol. The summed E-state index contributed by atoms with van der Waals surface area (Å²) in [5.74, 6) is -0.498. The van der Waals surface area contributed by atoms with Gasteiger partial charge >= 0.3 is 0 Å². The van der Waals surface area contributed by atoms with Gasteiger partial charge in [0.15, 0.2) is 0 Å². The van der Waals surface area contributed by atoms with Crippen molar-refractivity contribution >= 4 is 0 Å². The number of piperidine rings is 1. The van der Waals surface area contributed by atoms with E-state index in [1.165, 1.54) is 12.3 Å². The Balaban J connectivity index is 1.33. The van der Waals surface area contributed by atoms with Crippen molar-refractivity contribution in [1.29, 1.82) is 0 Å². The molecule has 31 heavy (non-hydrogen) atoms. The van der Waals surface area contributed by atoms with Gasteiger partial charge in [0.1, 0.15) is 12.2 Å². The SMILES string of the molecule is OC[C@@H]1[C@@H](O)[C@H](O)[C@@H](O)CN1CCCCCOCc1ccc(-c2ccnc(F)c2)cc1. The van der Waals surface area contributed by atoms with Crippen LogP contribution in [-0.2, 0) is 11.3 Å². The topological polar surface area (TPSA) is 106 Å². The molecule has 0 unspecified atom stereocenters. The van der Waals surface area contributed by atoms with Crippen LogP contribution in [0.3, 0.4) is 0 Å². The van der Waals surface area contributed by atoms with Crippen LogP contribution in [0.2, 0.25) is 0 Å². The first kappa shape index (κ1) is 23.7.